The van der Waals surface area contributed by atoms with Crippen LogP contribution in [0, 0.1) is 11.8 Å². The fourth-order valence-electron chi connectivity index (χ4n) is 4.17. The Hall–Kier alpha value is -2.26. The molecule has 1 aromatic heterocycles. The van der Waals surface area contributed by atoms with Gasteiger partial charge in [0.25, 0.3) is 10.0 Å². The van der Waals surface area contributed by atoms with E-state index in [1.165, 1.54) is 6.39 Å². The van der Waals surface area contributed by atoms with Crippen LogP contribution in [0.15, 0.2) is 44.5 Å². The van der Waals surface area contributed by atoms with E-state index >= 15 is 0 Å². The van der Waals surface area contributed by atoms with Gasteiger partial charge >= 0.3 is 0 Å². The Balaban J connectivity index is 1.32. The van der Waals surface area contributed by atoms with Crippen molar-refractivity contribution in [1.29, 1.82) is 0 Å². The highest BCUT2D eigenvalue weighted by Crippen LogP contribution is 2.35. The van der Waals surface area contributed by atoms with Gasteiger partial charge in [-0.15, -0.1) is 4.40 Å². The highest BCUT2D eigenvalue weighted by atomic mass is 32.2. The summed E-state index contributed by atoms with van der Waals surface area (Å²) in [6, 6.07) is 7.07. The first-order valence-electron chi connectivity index (χ1n) is 8.27. The van der Waals surface area contributed by atoms with Gasteiger partial charge in [-0.25, -0.2) is 0 Å². The summed E-state index contributed by atoms with van der Waals surface area (Å²) in [5, 5.41) is 3.87. The average molecular weight is 359 g/mol. The van der Waals surface area contributed by atoms with Crippen LogP contribution < -0.4 is 0 Å². The van der Waals surface area contributed by atoms with Crippen molar-refractivity contribution in [3.8, 4) is 0 Å². The Morgan fingerprint density at radius 1 is 1.12 bits per heavy atom. The van der Waals surface area contributed by atoms with Crippen molar-refractivity contribution in [3.05, 3.63) is 42.0 Å². The first-order valence-corrected chi connectivity index (χ1v) is 9.71. The van der Waals surface area contributed by atoms with Crippen LogP contribution in [0.3, 0.4) is 0 Å². The predicted octanol–water partition coefficient (Wildman–Crippen LogP) is 0.582. The molecule has 0 N–H and O–H groups in total. The zero-order valence-corrected chi connectivity index (χ0v) is 14.3. The molecule has 0 aliphatic carbocycles. The minimum Gasteiger partial charge on any atom is -0.355 e. The molecule has 5 rings (SSSR count). The van der Waals surface area contributed by atoms with E-state index < -0.39 is 10.0 Å². The smallest absolute Gasteiger partial charge is 0.285 e. The maximum Gasteiger partial charge on any atom is 0.285 e. The van der Waals surface area contributed by atoms with Gasteiger partial charge in [-0.3, -0.25) is 4.90 Å². The average Bonchev–Trinajstić information content (AvgIpc) is 3.32. The lowest BCUT2D eigenvalue weighted by Gasteiger charge is -2.22. The molecule has 2 fully saturated rings. The molecular weight excluding hydrogens is 342 g/mol. The van der Waals surface area contributed by atoms with E-state index in [0.29, 0.717) is 34.9 Å². The maximum atomic E-state index is 12.3. The molecule has 1 aromatic carbocycles. The van der Waals surface area contributed by atoms with Gasteiger partial charge in [0.05, 0.1) is 6.54 Å². The Kier molecular flexibility index (Phi) is 3.23. The highest BCUT2D eigenvalue weighted by molar-refractivity contribution is 7.90. The first-order chi connectivity index (χ1) is 12.1. The number of nitrogens with zero attached hydrogens (tertiary/aromatic N) is 5. The van der Waals surface area contributed by atoms with Crippen LogP contribution in [0.25, 0.3) is 0 Å². The third kappa shape index (κ3) is 2.46. The van der Waals surface area contributed by atoms with Crippen LogP contribution in [0.4, 0.5) is 0 Å². The van der Waals surface area contributed by atoms with Crippen molar-refractivity contribution in [2.24, 2.45) is 16.2 Å². The van der Waals surface area contributed by atoms with Gasteiger partial charge < -0.3 is 9.42 Å². The Morgan fingerprint density at radius 2 is 1.88 bits per heavy atom. The molecule has 3 aliphatic heterocycles. The van der Waals surface area contributed by atoms with Crippen LogP contribution in [0.2, 0.25) is 0 Å². The van der Waals surface area contributed by atoms with E-state index in [9.17, 15) is 8.42 Å². The van der Waals surface area contributed by atoms with E-state index in [0.717, 1.165) is 31.7 Å². The van der Waals surface area contributed by atoms with Gasteiger partial charge in [0.15, 0.2) is 11.7 Å². The third-order valence-electron chi connectivity index (χ3n) is 5.25. The summed E-state index contributed by atoms with van der Waals surface area (Å²) in [7, 11) is -3.55. The second-order valence-electron chi connectivity index (χ2n) is 6.85. The lowest BCUT2D eigenvalue weighted by Crippen LogP contribution is -2.33. The van der Waals surface area contributed by atoms with Gasteiger partial charge in [0.2, 0.25) is 6.39 Å². The summed E-state index contributed by atoms with van der Waals surface area (Å²) in [6.45, 7) is 4.27. The summed E-state index contributed by atoms with van der Waals surface area (Å²) in [4.78, 5) is 8.86. The molecule has 0 radical (unpaired) electrons. The minimum atomic E-state index is -3.55. The summed E-state index contributed by atoms with van der Waals surface area (Å²) >= 11 is 0. The number of benzene rings is 1. The minimum absolute atomic E-state index is 0.320. The fraction of sp³-hybridized carbons (Fsp3) is 0.438. The Bertz CT molecular complexity index is 926. The zero-order chi connectivity index (χ0) is 17.0. The van der Waals surface area contributed by atoms with Crippen molar-refractivity contribution in [1.82, 2.24) is 19.9 Å². The fourth-order valence-corrected chi connectivity index (χ4v) is 5.40. The monoisotopic (exact) mass is 359 g/mol. The molecule has 0 spiro atoms. The number of hydrogen-bond acceptors (Lipinski definition) is 7. The SMILES string of the molecule is O=S1(=O)N=C(N2CC3CN(Cc4ncon4)CC3C2)c2ccccc21. The van der Waals surface area contributed by atoms with Crippen molar-refractivity contribution in [3.63, 3.8) is 0 Å². The molecule has 9 heteroatoms. The molecule has 130 valence electrons. The standard InChI is InChI=1S/C16H17N5O3S/c22-25(23)14-4-2-1-3-13(14)16(19-25)21-7-11-5-20(6-12(11)8-21)9-15-17-10-24-18-15/h1-4,10-12H,5-9H2. The topological polar surface area (TPSA) is 91.9 Å². The molecule has 8 nitrogen and oxygen atoms in total. The second kappa shape index (κ2) is 5.37. The van der Waals surface area contributed by atoms with E-state index in [-0.39, 0.29) is 0 Å². The summed E-state index contributed by atoms with van der Waals surface area (Å²) < 4.78 is 33.3. The van der Waals surface area contributed by atoms with Crippen molar-refractivity contribution < 1.29 is 12.9 Å². The van der Waals surface area contributed by atoms with E-state index in [4.69, 9.17) is 4.52 Å². The first kappa shape index (κ1) is 15.0. The van der Waals surface area contributed by atoms with Crippen LogP contribution >= 0.6 is 0 Å². The molecule has 0 amide bonds. The number of likely N-dealkylation sites (tertiary alicyclic amines) is 2. The molecule has 2 atom stereocenters. The lowest BCUT2D eigenvalue weighted by molar-refractivity contribution is 0.276. The van der Waals surface area contributed by atoms with Crippen LogP contribution in [0.1, 0.15) is 11.4 Å². The molecule has 3 aliphatic rings. The van der Waals surface area contributed by atoms with Gasteiger partial charge in [-0.2, -0.15) is 13.4 Å². The van der Waals surface area contributed by atoms with Crippen molar-refractivity contribution in [2.45, 2.75) is 11.4 Å². The number of sulfonamides is 1. The number of hydrogen-bond donors (Lipinski definition) is 0. The van der Waals surface area contributed by atoms with Gasteiger partial charge in [-0.1, -0.05) is 17.3 Å². The van der Waals surface area contributed by atoms with Gasteiger partial charge in [0.1, 0.15) is 4.90 Å². The number of rotatable bonds is 2. The molecular formula is C16H17N5O3S. The second-order valence-corrected chi connectivity index (χ2v) is 8.43. The lowest BCUT2D eigenvalue weighted by atomic mass is 10.0. The Morgan fingerprint density at radius 3 is 2.60 bits per heavy atom. The van der Waals surface area contributed by atoms with E-state index in [1.807, 2.05) is 12.1 Å². The molecule has 2 aromatic rings. The number of fused-ring (bicyclic) bond motifs is 2. The number of aromatic nitrogens is 2. The quantitative estimate of drug-likeness (QED) is 0.774. The van der Waals surface area contributed by atoms with Crippen LogP contribution in [-0.4, -0.2) is 60.4 Å². The van der Waals surface area contributed by atoms with Crippen molar-refractivity contribution >= 4 is 15.9 Å². The normalized spacial score (nSPS) is 27.4. The van der Waals surface area contributed by atoms with E-state index in [2.05, 4.69) is 24.3 Å². The molecule has 2 unspecified atom stereocenters. The largest absolute Gasteiger partial charge is 0.355 e. The van der Waals surface area contributed by atoms with Gasteiger partial charge in [0, 0.05) is 31.7 Å². The summed E-state index contributed by atoms with van der Waals surface area (Å²) in [5.74, 6) is 2.32. The van der Waals surface area contributed by atoms with Gasteiger partial charge in [-0.05, 0) is 24.0 Å². The maximum absolute atomic E-state index is 12.3. The molecule has 4 heterocycles. The van der Waals surface area contributed by atoms with E-state index in [1.54, 1.807) is 12.1 Å². The highest BCUT2D eigenvalue weighted by Gasteiger charge is 2.43. The molecule has 2 saturated heterocycles. The third-order valence-corrected chi connectivity index (χ3v) is 6.57. The number of amidine groups is 1. The van der Waals surface area contributed by atoms with Crippen molar-refractivity contribution in [2.75, 3.05) is 26.2 Å². The molecule has 0 bridgehead atoms. The molecule has 25 heavy (non-hydrogen) atoms. The summed E-state index contributed by atoms with van der Waals surface area (Å²) in [5.41, 5.74) is 0.728. The van der Waals surface area contributed by atoms with Crippen LogP contribution in [0.5, 0.6) is 0 Å². The van der Waals surface area contributed by atoms with Crippen LogP contribution in [-0.2, 0) is 16.6 Å². The molecule has 0 saturated carbocycles. The zero-order valence-electron chi connectivity index (χ0n) is 13.4. The predicted molar refractivity (Wildman–Crippen MR) is 88.3 cm³/mol. The Labute approximate surface area is 145 Å². The summed E-state index contributed by atoms with van der Waals surface area (Å²) in [6.07, 6.45) is 1.35.